The number of aromatic nitrogens is 7. The van der Waals surface area contributed by atoms with E-state index in [1.54, 1.807) is 0 Å². The Labute approximate surface area is 868 Å². The third-order valence-corrected chi connectivity index (χ3v) is 31.9. The van der Waals surface area contributed by atoms with E-state index in [-0.39, 0.29) is 0 Å². The summed E-state index contributed by atoms with van der Waals surface area (Å²) in [6, 6.07) is 204. The molecular weight excluding hydrogens is 1820 g/mol. The number of hydrogen-bond donors (Lipinski definition) is 0. The molecule has 7 nitrogen and oxygen atoms in total. The predicted molar refractivity (Wildman–Crippen MR) is 620 cm³/mol. The van der Waals surface area contributed by atoms with Crippen molar-refractivity contribution in [2.75, 3.05) is 0 Å². The molecule has 22 aromatic carbocycles. The Balaban J connectivity index is 0.000000106. The van der Waals surface area contributed by atoms with Crippen LogP contribution in [0, 0.1) is 0 Å². The highest BCUT2D eigenvalue weighted by Gasteiger charge is 2.50. The largest absolute Gasteiger partial charge is 0.294 e. The Morgan fingerprint density at radius 1 is 0.140 bits per heavy atom. The summed E-state index contributed by atoms with van der Waals surface area (Å²) in [4.78, 5) is 21.1. The van der Waals surface area contributed by atoms with Gasteiger partial charge >= 0.3 is 0 Å². The van der Waals surface area contributed by atoms with Gasteiger partial charge in [-0.2, -0.15) is 0 Å². The molecule has 3 aliphatic rings. The van der Waals surface area contributed by atoms with Crippen molar-refractivity contribution in [3.8, 4) is 95.6 Å². The molecule has 6 heterocycles. The highest BCUT2D eigenvalue weighted by atomic mass is 15.2. The summed E-state index contributed by atoms with van der Waals surface area (Å²) in [5.41, 5.74) is 40.6. The van der Waals surface area contributed by atoms with E-state index in [1.165, 1.54) is 160 Å². The van der Waals surface area contributed by atoms with Crippen molar-refractivity contribution in [3.05, 3.63) is 631 Å². The van der Waals surface area contributed by atoms with Gasteiger partial charge in [0.05, 0.1) is 71.6 Å². The zero-order chi connectivity index (χ0) is 99.0. The first kappa shape index (κ1) is 87.0. The number of hydrogen-bond acceptors (Lipinski definition) is 4. The molecule has 0 N–H and O–H groups in total. The van der Waals surface area contributed by atoms with Crippen LogP contribution in [-0.4, -0.2) is 33.6 Å². The maximum atomic E-state index is 5.37. The summed E-state index contributed by atoms with van der Waals surface area (Å²) in [7, 11) is 0. The van der Waals surface area contributed by atoms with Gasteiger partial charge < -0.3 is 0 Å². The smallest absolute Gasteiger partial charge is 0.235 e. The first-order valence-electron chi connectivity index (χ1n) is 51.6. The fourth-order valence-corrected chi connectivity index (χ4v) is 25.6. The first-order chi connectivity index (χ1) is 74.4. The lowest BCUT2D eigenvalue weighted by Crippen LogP contribution is -2.28. The van der Waals surface area contributed by atoms with Gasteiger partial charge in [-0.05, 0) is 225 Å². The molecule has 150 heavy (non-hydrogen) atoms. The van der Waals surface area contributed by atoms with Crippen LogP contribution in [0.4, 0.5) is 0 Å². The van der Waals surface area contributed by atoms with E-state index >= 15 is 0 Å². The normalized spacial score (nSPS) is 13.1. The minimum Gasteiger partial charge on any atom is -0.294 e. The lowest BCUT2D eigenvalue weighted by atomic mass is 9.67. The monoisotopic (exact) mass is 1910 g/mol. The maximum absolute atomic E-state index is 5.37. The molecule has 0 amide bonds. The van der Waals surface area contributed by atoms with Crippen LogP contribution < -0.4 is 0 Å². The summed E-state index contributed by atoms with van der Waals surface area (Å²) in [5.74, 6) is 2.49. The lowest BCUT2D eigenvalue weighted by molar-refractivity contribution is 0.770. The zero-order valence-corrected chi connectivity index (χ0v) is 81.8. The molecule has 6 aromatic heterocycles. The quantitative estimate of drug-likeness (QED) is 0.115. The lowest BCUT2D eigenvalue weighted by Gasteiger charge is -2.34. The minimum absolute atomic E-state index is 0.451. The molecule has 3 aliphatic carbocycles. The number of rotatable bonds is 13. The Morgan fingerprint density at radius 2 is 0.407 bits per heavy atom. The van der Waals surface area contributed by atoms with Crippen LogP contribution in [0.5, 0.6) is 0 Å². The first-order valence-corrected chi connectivity index (χ1v) is 51.6. The van der Waals surface area contributed by atoms with Gasteiger partial charge in [-0.15, -0.1) is 0 Å². The van der Waals surface area contributed by atoms with Crippen molar-refractivity contribution >= 4 is 98.1 Å². The number of nitrogens with zero attached hydrogens (tertiary/aromatic N) is 7. The van der Waals surface area contributed by atoms with Gasteiger partial charge in [0.2, 0.25) is 5.95 Å². The SMILES string of the molecule is c1ccc(-c2cc(-n3c4ccccc4c4cc(C5(c6ccccc6)c6ccccc6-c6ccccc65)ccc43)nc3ccccc23)cc1.c1ccc(-c2cccc(-c3cc(-n4c5ccccc5c5cc(C6(c7ccccc7)c7ccccc7-c7ccccc76)ccc54)nc4ccccc34)c2)cc1.c1ccc(-c2nc(-n3c4ccccc4c4cc(C5(c6ccccc6)c6ccccc6-c6ccccc65)ccc43)nc3ccccc23)cc1. The van der Waals surface area contributed by atoms with Crippen molar-refractivity contribution in [1.82, 2.24) is 33.6 Å². The van der Waals surface area contributed by atoms with Gasteiger partial charge in [0.1, 0.15) is 11.6 Å². The Kier molecular flexibility index (Phi) is 20.6. The van der Waals surface area contributed by atoms with Gasteiger partial charge in [0.25, 0.3) is 0 Å². The van der Waals surface area contributed by atoms with E-state index < -0.39 is 16.2 Å². The highest BCUT2D eigenvalue weighted by Crippen LogP contribution is 2.61. The van der Waals surface area contributed by atoms with Crippen LogP contribution >= 0.6 is 0 Å². The molecule has 28 aromatic rings. The topological polar surface area (TPSA) is 66.3 Å². The molecule has 0 aliphatic heterocycles. The molecule has 0 saturated heterocycles. The third-order valence-electron chi connectivity index (χ3n) is 31.9. The summed E-state index contributed by atoms with van der Waals surface area (Å²) in [6.45, 7) is 0. The number of para-hydroxylation sites is 6. The molecule has 0 atom stereocenters. The van der Waals surface area contributed by atoms with Crippen molar-refractivity contribution in [2.45, 2.75) is 16.2 Å². The fourth-order valence-electron chi connectivity index (χ4n) is 25.6. The molecule has 0 spiro atoms. The standard InChI is InChI=1S/C52H34N2.C46H30N2.C45H29N3/c1-3-16-35(17-4-1)36-18-15-19-37(32-36)44-34-51(53-48-28-13-9-24-42(44)48)54-49-29-14-10-25-43(49)45-33-39(30-31-50(45)54)52(38-20-5-2-6-21-38)46-26-11-7-22-40(46)41-23-8-12-27-47(41)52;1-3-15-31(16-4-1)38-30-45(47-42-25-13-9-21-36(38)42)48-43-26-14-10-22-37(43)39-29-33(27-28-44(39)48)46(32-17-5-2-6-18-32)40-23-11-7-19-34(40)35-20-8-12-24-41(35)46;1-3-15-30(16-4-1)43-36-22-9-13-25-40(36)46-44(47-43)48-41-26-14-10-21-35(41)37-29-32(27-28-42(37)48)45(31-17-5-2-6-18-31)38-23-11-7-19-33(38)34-20-8-12-24-39(34)45/h1-34H;1-30H;1-29H. The highest BCUT2D eigenvalue weighted by molar-refractivity contribution is 6.14. The summed E-state index contributed by atoms with van der Waals surface area (Å²) < 4.78 is 6.94. The average molecular weight is 1910 g/mol. The summed E-state index contributed by atoms with van der Waals surface area (Å²) >= 11 is 0. The molecule has 700 valence electrons. The van der Waals surface area contributed by atoms with E-state index in [9.17, 15) is 0 Å². The Morgan fingerprint density at radius 3 is 0.787 bits per heavy atom. The molecule has 31 rings (SSSR count). The molecule has 7 heteroatoms. The van der Waals surface area contributed by atoms with E-state index in [2.05, 4.69) is 566 Å². The number of benzene rings is 22. The molecule has 0 fully saturated rings. The molecule has 0 bridgehead atoms. The molecule has 0 unspecified atom stereocenters. The van der Waals surface area contributed by atoms with Crippen LogP contribution in [0.3, 0.4) is 0 Å². The third kappa shape index (κ3) is 13.5. The average Bonchev–Trinajstić information content (AvgIpc) is 1.53. The van der Waals surface area contributed by atoms with Gasteiger partial charge in [-0.25, -0.2) is 19.9 Å². The van der Waals surface area contributed by atoms with Crippen LogP contribution in [0.2, 0.25) is 0 Å². The van der Waals surface area contributed by atoms with Gasteiger partial charge in [-0.3, -0.25) is 13.7 Å². The van der Waals surface area contributed by atoms with Crippen LogP contribution in [-0.2, 0) is 16.2 Å². The van der Waals surface area contributed by atoms with Crippen molar-refractivity contribution in [2.24, 2.45) is 0 Å². The van der Waals surface area contributed by atoms with E-state index in [0.29, 0.717) is 5.95 Å². The minimum atomic E-state index is -0.468. The van der Waals surface area contributed by atoms with Gasteiger partial charge in [0, 0.05) is 54.0 Å². The van der Waals surface area contributed by atoms with Crippen LogP contribution in [0.25, 0.3) is 194 Å². The molecule has 0 radical (unpaired) electrons. The number of pyridine rings is 2. The van der Waals surface area contributed by atoms with Crippen LogP contribution in [0.1, 0.15) is 66.8 Å². The van der Waals surface area contributed by atoms with Crippen molar-refractivity contribution in [1.29, 1.82) is 0 Å². The Bertz CT molecular complexity index is 9720. The second-order valence-corrected chi connectivity index (χ2v) is 39.5. The van der Waals surface area contributed by atoms with Gasteiger partial charge in [-0.1, -0.05) is 473 Å². The van der Waals surface area contributed by atoms with Crippen molar-refractivity contribution in [3.63, 3.8) is 0 Å². The Hall–Kier alpha value is -19.6. The second-order valence-electron chi connectivity index (χ2n) is 39.5. The molecule has 0 saturated carbocycles. The predicted octanol–water partition coefficient (Wildman–Crippen LogP) is 35.1. The molecular formula is C143H93N7. The summed E-state index contributed by atoms with van der Waals surface area (Å²) in [6.07, 6.45) is 0. The maximum Gasteiger partial charge on any atom is 0.235 e. The fraction of sp³-hybridized carbons (Fsp3) is 0.0210. The van der Waals surface area contributed by atoms with E-state index in [4.69, 9.17) is 19.9 Å². The zero-order valence-electron chi connectivity index (χ0n) is 81.8. The van der Waals surface area contributed by atoms with Crippen LogP contribution in [0.15, 0.2) is 564 Å². The second kappa shape index (κ2) is 35.4. The van der Waals surface area contributed by atoms with E-state index in [0.717, 1.165) is 94.3 Å². The van der Waals surface area contributed by atoms with Crippen molar-refractivity contribution < 1.29 is 0 Å². The summed E-state index contributed by atoms with van der Waals surface area (Å²) in [5, 5.41) is 10.5. The van der Waals surface area contributed by atoms with E-state index in [1.807, 2.05) is 12.1 Å². The number of fused-ring (bicyclic) bond motifs is 21. The van der Waals surface area contributed by atoms with Gasteiger partial charge in [0.15, 0.2) is 0 Å².